The molecule has 1 aliphatic heterocycles. The molecule has 6 nitrogen and oxygen atoms in total. The maximum Gasteiger partial charge on any atom is 0.411 e. The molecule has 0 bridgehead atoms. The molecule has 0 aliphatic carbocycles. The smallest absolute Gasteiger partial charge is 0.411 e. The molecule has 0 spiro atoms. The summed E-state index contributed by atoms with van der Waals surface area (Å²) in [5.41, 5.74) is 1.17. The van der Waals surface area contributed by atoms with Crippen molar-refractivity contribution in [2.45, 2.75) is 90.8 Å². The van der Waals surface area contributed by atoms with Crippen molar-refractivity contribution in [3.05, 3.63) is 29.3 Å². The number of carboxylic acids is 1. The normalized spacial score (nSPS) is 16.3. The van der Waals surface area contributed by atoms with Crippen LogP contribution in [0.15, 0.2) is 18.2 Å². The molecular weight excluding hydrogens is 370 g/mol. The first-order valence-corrected chi connectivity index (χ1v) is 10.7. The van der Waals surface area contributed by atoms with Gasteiger partial charge in [-0.05, 0) is 50.5 Å². The van der Waals surface area contributed by atoms with E-state index in [1.807, 2.05) is 18.2 Å². The van der Waals surface area contributed by atoms with E-state index in [0.29, 0.717) is 6.61 Å². The third-order valence-electron chi connectivity index (χ3n) is 4.99. The Bertz CT molecular complexity index is 695. The highest BCUT2D eigenvalue weighted by Crippen LogP contribution is 2.28. The molecule has 0 fully saturated rings. The quantitative estimate of drug-likeness (QED) is 0.574. The Morgan fingerprint density at radius 1 is 1.10 bits per heavy atom. The molecule has 1 aromatic carbocycles. The summed E-state index contributed by atoms with van der Waals surface area (Å²) in [5.74, 6) is -0.264. The minimum absolute atomic E-state index is 0.204. The number of hydrogen-bond acceptors (Lipinski definition) is 4. The van der Waals surface area contributed by atoms with Gasteiger partial charge in [-0.3, -0.25) is 4.90 Å². The monoisotopic (exact) mass is 405 g/mol. The van der Waals surface area contributed by atoms with Crippen molar-refractivity contribution in [2.75, 3.05) is 6.61 Å². The molecule has 1 atom stereocenters. The molecule has 0 radical (unpaired) electrons. The number of hydrogen-bond donors (Lipinski definition) is 1. The van der Waals surface area contributed by atoms with Crippen molar-refractivity contribution >= 4 is 12.1 Å². The van der Waals surface area contributed by atoms with Crippen LogP contribution in [0.25, 0.3) is 0 Å². The number of carboxylic acid groups (broad SMARTS) is 1. The maximum absolute atomic E-state index is 12.6. The standard InChI is InChI=1S/C23H35NO5/c1-5-6-7-8-9-10-13-28-19-12-11-17-15-20(21(25)26)24(16-18(17)14-19)22(27)29-23(2,3)4/h11-12,14,20H,5-10,13,15-16H2,1-4H3,(H,25,26). The van der Waals surface area contributed by atoms with Gasteiger partial charge in [-0.25, -0.2) is 9.59 Å². The number of rotatable bonds is 9. The summed E-state index contributed by atoms with van der Waals surface area (Å²) < 4.78 is 11.3. The lowest BCUT2D eigenvalue weighted by atomic mass is 9.94. The van der Waals surface area contributed by atoms with Gasteiger partial charge >= 0.3 is 12.1 Å². The molecule has 0 aromatic heterocycles. The average molecular weight is 406 g/mol. The fourth-order valence-corrected chi connectivity index (χ4v) is 3.46. The van der Waals surface area contributed by atoms with Gasteiger partial charge in [0.1, 0.15) is 17.4 Å². The van der Waals surface area contributed by atoms with Gasteiger partial charge in [-0.1, -0.05) is 45.1 Å². The Hall–Kier alpha value is -2.24. The summed E-state index contributed by atoms with van der Waals surface area (Å²) in [7, 11) is 0. The van der Waals surface area contributed by atoms with Crippen LogP contribution < -0.4 is 4.74 Å². The second-order valence-electron chi connectivity index (χ2n) is 8.71. The van der Waals surface area contributed by atoms with Crippen LogP contribution in [-0.2, 0) is 22.5 Å². The summed E-state index contributed by atoms with van der Waals surface area (Å²) in [4.78, 5) is 25.6. The lowest BCUT2D eigenvalue weighted by Gasteiger charge is -2.35. The van der Waals surface area contributed by atoms with E-state index in [-0.39, 0.29) is 13.0 Å². The zero-order valence-corrected chi connectivity index (χ0v) is 18.2. The molecule has 1 aliphatic rings. The fourth-order valence-electron chi connectivity index (χ4n) is 3.46. The number of nitrogens with zero attached hydrogens (tertiary/aromatic N) is 1. The molecule has 1 amide bonds. The highest BCUT2D eigenvalue weighted by molar-refractivity contribution is 5.81. The predicted octanol–water partition coefficient (Wildman–Crippen LogP) is 5.17. The molecule has 0 saturated heterocycles. The van der Waals surface area contributed by atoms with Crippen LogP contribution in [-0.4, -0.2) is 40.3 Å². The summed E-state index contributed by atoms with van der Waals surface area (Å²) in [6.45, 7) is 8.39. The van der Waals surface area contributed by atoms with Crippen LogP contribution in [0, 0.1) is 0 Å². The van der Waals surface area contributed by atoms with E-state index in [1.165, 1.54) is 30.6 Å². The van der Waals surface area contributed by atoms with Gasteiger partial charge < -0.3 is 14.6 Å². The SMILES string of the molecule is CCCCCCCCOc1ccc2c(c1)CN(C(=O)OC(C)(C)C)C(C(=O)O)C2. The largest absolute Gasteiger partial charge is 0.494 e. The van der Waals surface area contributed by atoms with Gasteiger partial charge in [0.15, 0.2) is 0 Å². The van der Waals surface area contributed by atoms with Gasteiger partial charge in [0.05, 0.1) is 13.2 Å². The van der Waals surface area contributed by atoms with Crippen molar-refractivity contribution < 1.29 is 24.2 Å². The van der Waals surface area contributed by atoms with E-state index in [9.17, 15) is 14.7 Å². The van der Waals surface area contributed by atoms with E-state index in [0.717, 1.165) is 29.7 Å². The lowest BCUT2D eigenvalue weighted by Crippen LogP contribution is -2.50. The van der Waals surface area contributed by atoms with E-state index in [2.05, 4.69) is 6.92 Å². The van der Waals surface area contributed by atoms with Crippen molar-refractivity contribution in [1.82, 2.24) is 4.90 Å². The first kappa shape index (κ1) is 23.0. The third kappa shape index (κ3) is 7.26. The Kier molecular flexibility index (Phi) is 8.35. The van der Waals surface area contributed by atoms with E-state index >= 15 is 0 Å². The number of carbonyl (C=O) groups is 2. The van der Waals surface area contributed by atoms with Crippen LogP contribution in [0.2, 0.25) is 0 Å². The highest BCUT2D eigenvalue weighted by atomic mass is 16.6. The van der Waals surface area contributed by atoms with Crippen LogP contribution in [0.4, 0.5) is 4.79 Å². The number of carbonyl (C=O) groups excluding carboxylic acids is 1. The Morgan fingerprint density at radius 3 is 2.45 bits per heavy atom. The minimum atomic E-state index is -1.02. The Labute approximate surface area is 174 Å². The number of benzene rings is 1. The van der Waals surface area contributed by atoms with E-state index in [1.54, 1.807) is 20.8 Å². The molecule has 6 heteroatoms. The van der Waals surface area contributed by atoms with Crippen molar-refractivity contribution in [2.24, 2.45) is 0 Å². The second-order valence-corrected chi connectivity index (χ2v) is 8.71. The van der Waals surface area contributed by atoms with Gasteiger partial charge in [0, 0.05) is 6.42 Å². The molecule has 1 heterocycles. The number of fused-ring (bicyclic) bond motifs is 1. The first-order valence-electron chi connectivity index (χ1n) is 10.7. The molecular formula is C23H35NO5. The predicted molar refractivity (Wildman–Crippen MR) is 112 cm³/mol. The third-order valence-corrected chi connectivity index (χ3v) is 4.99. The molecule has 1 N–H and O–H groups in total. The minimum Gasteiger partial charge on any atom is -0.494 e. The Balaban J connectivity index is 1.99. The first-order chi connectivity index (χ1) is 13.7. The second kappa shape index (κ2) is 10.5. The van der Waals surface area contributed by atoms with Crippen LogP contribution in [0.1, 0.15) is 77.3 Å². The van der Waals surface area contributed by atoms with Crippen molar-refractivity contribution in [1.29, 1.82) is 0 Å². The summed E-state index contributed by atoms with van der Waals surface area (Å²) in [5, 5.41) is 9.58. The van der Waals surface area contributed by atoms with Gasteiger partial charge in [-0.15, -0.1) is 0 Å². The number of aliphatic carboxylic acids is 1. The van der Waals surface area contributed by atoms with Crippen LogP contribution in [0.3, 0.4) is 0 Å². The van der Waals surface area contributed by atoms with Gasteiger partial charge in [-0.2, -0.15) is 0 Å². The van der Waals surface area contributed by atoms with Gasteiger partial charge in [0.2, 0.25) is 0 Å². The summed E-state index contributed by atoms with van der Waals surface area (Å²) in [6.07, 6.45) is 6.90. The van der Waals surface area contributed by atoms with Crippen molar-refractivity contribution in [3.63, 3.8) is 0 Å². The van der Waals surface area contributed by atoms with Crippen LogP contribution >= 0.6 is 0 Å². The van der Waals surface area contributed by atoms with E-state index in [4.69, 9.17) is 9.47 Å². The molecule has 0 saturated carbocycles. The van der Waals surface area contributed by atoms with Crippen LogP contribution in [0.5, 0.6) is 5.75 Å². The topological polar surface area (TPSA) is 76.1 Å². The zero-order valence-electron chi connectivity index (χ0n) is 18.2. The number of ether oxygens (including phenoxy) is 2. The molecule has 162 valence electrons. The summed E-state index contributed by atoms with van der Waals surface area (Å²) >= 11 is 0. The number of amides is 1. The fraction of sp³-hybridized carbons (Fsp3) is 0.652. The Morgan fingerprint density at radius 2 is 1.79 bits per heavy atom. The molecule has 1 aromatic rings. The molecule has 2 rings (SSSR count). The van der Waals surface area contributed by atoms with Gasteiger partial charge in [0.25, 0.3) is 0 Å². The zero-order chi connectivity index (χ0) is 21.4. The average Bonchev–Trinajstić information content (AvgIpc) is 2.64. The molecule has 1 unspecified atom stereocenters. The van der Waals surface area contributed by atoms with Crippen molar-refractivity contribution in [3.8, 4) is 5.75 Å². The maximum atomic E-state index is 12.6. The lowest BCUT2D eigenvalue weighted by molar-refractivity contribution is -0.143. The highest BCUT2D eigenvalue weighted by Gasteiger charge is 2.37. The number of unbranched alkanes of at least 4 members (excludes halogenated alkanes) is 5. The van der Waals surface area contributed by atoms with E-state index < -0.39 is 23.7 Å². The molecule has 29 heavy (non-hydrogen) atoms. The summed E-state index contributed by atoms with van der Waals surface area (Å²) in [6, 6.07) is 4.79.